The van der Waals surface area contributed by atoms with Gasteiger partial charge in [0.15, 0.2) is 23.0 Å². The third-order valence-corrected chi connectivity index (χ3v) is 7.94. The maximum atomic E-state index is 6.44. The quantitative estimate of drug-likeness (QED) is 0.0778. The zero-order valence-electron chi connectivity index (χ0n) is 30.1. The minimum atomic E-state index is 0.551. The molecule has 0 atom stereocenters. The van der Waals surface area contributed by atoms with E-state index in [1.54, 1.807) is 42.7 Å². The van der Waals surface area contributed by atoms with Crippen LogP contribution in [0.3, 0.4) is 0 Å². The molecule has 0 aliphatic heterocycles. The Morgan fingerprint density at radius 2 is 0.750 bits per heavy atom. The Hall–Kier alpha value is -4.46. The van der Waals surface area contributed by atoms with Crippen molar-refractivity contribution in [2.24, 2.45) is 0 Å². The van der Waals surface area contributed by atoms with E-state index in [0.717, 1.165) is 59.4 Å². The number of hydrogen-bond acceptors (Lipinski definition) is 8. The number of ether oxygens (including phenoxy) is 8. The Bertz CT molecular complexity index is 1320. The van der Waals surface area contributed by atoms with E-state index in [9.17, 15) is 0 Å². The molecule has 8 nitrogen and oxygen atoms in total. The molecule has 0 amide bonds. The molecular formula is C40H54O8. The lowest BCUT2D eigenvalue weighted by molar-refractivity contribution is 0.296. The average molecular weight is 663 g/mol. The molecule has 0 spiro atoms. The van der Waals surface area contributed by atoms with Gasteiger partial charge in [0.05, 0.1) is 55.9 Å². The molecule has 0 N–H and O–H groups in total. The van der Waals surface area contributed by atoms with Crippen LogP contribution in [0.4, 0.5) is 0 Å². The van der Waals surface area contributed by atoms with E-state index in [2.05, 4.69) is 26.0 Å². The Morgan fingerprint density at radius 3 is 1.04 bits per heavy atom. The van der Waals surface area contributed by atoms with Crippen LogP contribution >= 0.6 is 0 Å². The summed E-state index contributed by atoms with van der Waals surface area (Å²) in [5, 5.41) is 0. The molecule has 0 saturated heterocycles. The van der Waals surface area contributed by atoms with Gasteiger partial charge in [-0.3, -0.25) is 0 Å². The number of benzene rings is 3. The normalized spacial score (nSPS) is 11.2. The summed E-state index contributed by atoms with van der Waals surface area (Å²) in [5.74, 6) is 5.01. The number of hydrogen-bond donors (Lipinski definition) is 0. The van der Waals surface area contributed by atoms with Gasteiger partial charge in [-0.05, 0) is 60.4 Å². The Labute approximate surface area is 287 Å². The van der Waals surface area contributed by atoms with Crippen LogP contribution in [-0.2, 0) is 0 Å². The van der Waals surface area contributed by atoms with Gasteiger partial charge < -0.3 is 37.9 Å². The summed E-state index contributed by atoms with van der Waals surface area (Å²) in [5.41, 5.74) is 3.61. The van der Waals surface area contributed by atoms with Gasteiger partial charge in [-0.1, -0.05) is 76.7 Å². The minimum absolute atomic E-state index is 0.551. The molecule has 0 fully saturated rings. The van der Waals surface area contributed by atoms with E-state index in [0.29, 0.717) is 47.7 Å². The molecular weight excluding hydrogens is 608 g/mol. The zero-order valence-corrected chi connectivity index (χ0v) is 30.1. The summed E-state index contributed by atoms with van der Waals surface area (Å²) in [6, 6.07) is 11.8. The molecule has 0 heterocycles. The average Bonchev–Trinajstić information content (AvgIpc) is 3.12. The SMILES string of the molecule is CCCCCCOc1cc(C=Cc2cc(OC)c(OC)c(OC)c2)c(OCCCCCC)cc1C=Cc1cc(OC)c(OC)c(OC)c1. The molecule has 0 aliphatic carbocycles. The molecule has 0 saturated carbocycles. The number of rotatable bonds is 22. The van der Waals surface area contributed by atoms with Gasteiger partial charge in [-0.25, -0.2) is 0 Å². The van der Waals surface area contributed by atoms with Crippen LogP contribution < -0.4 is 37.9 Å². The van der Waals surface area contributed by atoms with E-state index >= 15 is 0 Å². The first-order valence-corrected chi connectivity index (χ1v) is 16.9. The fraction of sp³-hybridized carbons (Fsp3) is 0.450. The van der Waals surface area contributed by atoms with Crippen LogP contribution in [0, 0.1) is 0 Å². The molecule has 3 rings (SSSR count). The van der Waals surface area contributed by atoms with Crippen molar-refractivity contribution in [1.29, 1.82) is 0 Å². The summed E-state index contributed by atoms with van der Waals surface area (Å²) in [4.78, 5) is 0. The van der Waals surface area contributed by atoms with E-state index in [4.69, 9.17) is 37.9 Å². The summed E-state index contributed by atoms with van der Waals surface area (Å²) >= 11 is 0. The standard InChI is InChI=1S/C40H54O8/c1-9-11-13-15-21-47-33-27-32(20-18-30-25-37(43-5)40(46-8)38(26-30)44-6)34(48-22-16-14-12-10-2)28-31(33)19-17-29-23-35(41-3)39(45-7)36(24-29)42-4/h17-20,23-28H,9-16,21-22H2,1-8H3. The van der Waals surface area contributed by atoms with Crippen molar-refractivity contribution in [3.05, 3.63) is 58.7 Å². The third-order valence-electron chi connectivity index (χ3n) is 7.94. The van der Waals surface area contributed by atoms with Crippen LogP contribution in [0.1, 0.15) is 87.5 Å². The van der Waals surface area contributed by atoms with Crippen LogP contribution in [0.2, 0.25) is 0 Å². The van der Waals surface area contributed by atoms with Crippen LogP contribution in [0.15, 0.2) is 36.4 Å². The molecule has 0 aromatic heterocycles. The van der Waals surface area contributed by atoms with Crippen molar-refractivity contribution in [2.75, 3.05) is 55.9 Å². The van der Waals surface area contributed by atoms with Gasteiger partial charge in [0, 0.05) is 11.1 Å². The molecule has 3 aromatic rings. The van der Waals surface area contributed by atoms with E-state index < -0.39 is 0 Å². The minimum Gasteiger partial charge on any atom is -0.493 e. The van der Waals surface area contributed by atoms with E-state index in [1.165, 1.54) is 25.7 Å². The van der Waals surface area contributed by atoms with Gasteiger partial charge in [0.25, 0.3) is 0 Å². The summed E-state index contributed by atoms with van der Waals surface area (Å²) < 4.78 is 46.2. The van der Waals surface area contributed by atoms with Crippen LogP contribution in [0.5, 0.6) is 46.0 Å². The van der Waals surface area contributed by atoms with Crippen molar-refractivity contribution < 1.29 is 37.9 Å². The number of methoxy groups -OCH3 is 6. The Balaban J connectivity index is 2.09. The molecule has 0 bridgehead atoms. The lowest BCUT2D eigenvalue weighted by atomic mass is 10.0. The van der Waals surface area contributed by atoms with Crippen molar-refractivity contribution in [1.82, 2.24) is 0 Å². The molecule has 8 heteroatoms. The fourth-order valence-corrected chi connectivity index (χ4v) is 5.29. The predicted molar refractivity (Wildman–Crippen MR) is 196 cm³/mol. The summed E-state index contributed by atoms with van der Waals surface area (Å²) in [7, 11) is 9.66. The lowest BCUT2D eigenvalue weighted by Gasteiger charge is -2.16. The molecule has 48 heavy (non-hydrogen) atoms. The van der Waals surface area contributed by atoms with Crippen molar-refractivity contribution in [3.8, 4) is 46.0 Å². The molecule has 3 aromatic carbocycles. The van der Waals surface area contributed by atoms with Gasteiger partial charge >= 0.3 is 0 Å². The lowest BCUT2D eigenvalue weighted by Crippen LogP contribution is -2.03. The highest BCUT2D eigenvalue weighted by molar-refractivity contribution is 5.80. The van der Waals surface area contributed by atoms with Crippen molar-refractivity contribution in [3.63, 3.8) is 0 Å². The zero-order chi connectivity index (χ0) is 34.7. The Morgan fingerprint density at radius 1 is 0.396 bits per heavy atom. The van der Waals surface area contributed by atoms with Gasteiger partial charge in [0.1, 0.15) is 11.5 Å². The summed E-state index contributed by atoms with van der Waals surface area (Å²) in [6.45, 7) is 5.66. The predicted octanol–water partition coefficient (Wildman–Crippen LogP) is 10.00. The van der Waals surface area contributed by atoms with Gasteiger partial charge in [0.2, 0.25) is 11.5 Å². The van der Waals surface area contributed by atoms with E-state index in [1.807, 2.05) is 48.6 Å². The van der Waals surface area contributed by atoms with Crippen molar-refractivity contribution in [2.45, 2.75) is 65.2 Å². The molecule has 0 unspecified atom stereocenters. The topological polar surface area (TPSA) is 73.8 Å². The van der Waals surface area contributed by atoms with Gasteiger partial charge in [-0.15, -0.1) is 0 Å². The van der Waals surface area contributed by atoms with Crippen molar-refractivity contribution >= 4 is 24.3 Å². The monoisotopic (exact) mass is 662 g/mol. The summed E-state index contributed by atoms with van der Waals surface area (Å²) in [6.07, 6.45) is 17.0. The first-order valence-electron chi connectivity index (χ1n) is 16.9. The van der Waals surface area contributed by atoms with Crippen LogP contribution in [-0.4, -0.2) is 55.9 Å². The van der Waals surface area contributed by atoms with Gasteiger partial charge in [-0.2, -0.15) is 0 Å². The first-order chi connectivity index (χ1) is 23.5. The number of unbranched alkanes of at least 4 members (excludes halogenated alkanes) is 6. The second-order valence-electron chi connectivity index (χ2n) is 11.3. The van der Waals surface area contributed by atoms with E-state index in [-0.39, 0.29) is 0 Å². The smallest absolute Gasteiger partial charge is 0.203 e. The molecule has 0 radical (unpaired) electrons. The van der Waals surface area contributed by atoms with Crippen LogP contribution in [0.25, 0.3) is 24.3 Å². The highest BCUT2D eigenvalue weighted by Crippen LogP contribution is 2.40. The maximum absolute atomic E-state index is 6.44. The molecule has 262 valence electrons. The molecule has 0 aliphatic rings. The highest BCUT2D eigenvalue weighted by atomic mass is 16.5. The largest absolute Gasteiger partial charge is 0.493 e. The first kappa shape index (κ1) is 38.0. The fourth-order valence-electron chi connectivity index (χ4n) is 5.29. The second-order valence-corrected chi connectivity index (χ2v) is 11.3. The second kappa shape index (κ2) is 20.7. The Kier molecular flexibility index (Phi) is 16.4. The maximum Gasteiger partial charge on any atom is 0.203 e. The highest BCUT2D eigenvalue weighted by Gasteiger charge is 2.15. The third kappa shape index (κ3) is 10.8.